The molecule has 25 heavy (non-hydrogen) atoms. The van der Waals surface area contributed by atoms with E-state index in [2.05, 4.69) is 10.3 Å². The third-order valence-corrected chi connectivity index (χ3v) is 4.76. The molecule has 2 aliphatic rings. The zero-order valence-corrected chi connectivity index (χ0v) is 14.4. The first-order chi connectivity index (χ1) is 12.2. The average Bonchev–Trinajstić information content (AvgIpc) is 2.96. The number of rotatable bonds is 2. The number of carbonyl (C=O) groups is 1. The van der Waals surface area contributed by atoms with Crippen molar-refractivity contribution in [2.24, 2.45) is 4.99 Å². The highest BCUT2D eigenvalue weighted by Gasteiger charge is 2.24. The van der Waals surface area contributed by atoms with Gasteiger partial charge in [-0.3, -0.25) is 4.79 Å². The Kier molecular flexibility index (Phi) is 4.19. The fourth-order valence-corrected chi connectivity index (χ4v) is 3.41. The number of benzene rings is 2. The summed E-state index contributed by atoms with van der Waals surface area (Å²) in [4.78, 5) is 17.3. The topological polar surface area (TPSA) is 59.9 Å². The van der Waals surface area contributed by atoms with E-state index < -0.39 is 0 Å². The molecule has 0 atom stereocenters. The molecule has 6 heteroatoms. The second-order valence-corrected chi connectivity index (χ2v) is 6.70. The maximum absolute atomic E-state index is 12.2. The van der Waals surface area contributed by atoms with Crippen LogP contribution in [0.25, 0.3) is 6.08 Å². The predicted molar refractivity (Wildman–Crippen MR) is 99.4 cm³/mol. The van der Waals surface area contributed by atoms with Crippen LogP contribution in [0.1, 0.15) is 11.1 Å². The van der Waals surface area contributed by atoms with Gasteiger partial charge in [0.1, 0.15) is 13.2 Å². The van der Waals surface area contributed by atoms with Crippen LogP contribution < -0.4 is 14.8 Å². The fraction of sp³-hybridized carbons (Fsp3) is 0.158. The summed E-state index contributed by atoms with van der Waals surface area (Å²) in [5, 5.41) is 3.40. The van der Waals surface area contributed by atoms with Gasteiger partial charge in [0, 0.05) is 0 Å². The van der Waals surface area contributed by atoms with Crippen molar-refractivity contribution in [2.45, 2.75) is 6.92 Å². The number of amidine groups is 1. The minimum atomic E-state index is -0.146. The van der Waals surface area contributed by atoms with Crippen LogP contribution in [0.5, 0.6) is 11.5 Å². The lowest BCUT2D eigenvalue weighted by Gasteiger charge is -2.18. The van der Waals surface area contributed by atoms with Crippen LogP contribution >= 0.6 is 11.8 Å². The number of ether oxygens (including phenoxy) is 2. The SMILES string of the molecule is Cc1ccccc1N=C1NC(=O)C(=Cc2ccc3c(c2)OCCO3)S1. The van der Waals surface area contributed by atoms with Gasteiger partial charge in [0.2, 0.25) is 0 Å². The molecule has 0 aliphatic carbocycles. The Balaban J connectivity index is 1.58. The molecule has 1 fully saturated rings. The van der Waals surface area contributed by atoms with Crippen LogP contribution in [0.2, 0.25) is 0 Å². The zero-order chi connectivity index (χ0) is 17.2. The van der Waals surface area contributed by atoms with E-state index in [9.17, 15) is 4.79 Å². The highest BCUT2D eigenvalue weighted by atomic mass is 32.2. The minimum Gasteiger partial charge on any atom is -0.486 e. The highest BCUT2D eigenvalue weighted by Crippen LogP contribution is 2.33. The molecule has 0 spiro atoms. The molecule has 2 aromatic carbocycles. The molecular formula is C19H16N2O3S. The number of para-hydroxylation sites is 1. The normalized spacial score (nSPS) is 19.3. The molecule has 0 aromatic heterocycles. The first-order valence-corrected chi connectivity index (χ1v) is 8.75. The van der Waals surface area contributed by atoms with E-state index in [-0.39, 0.29) is 5.91 Å². The Morgan fingerprint density at radius 2 is 1.92 bits per heavy atom. The average molecular weight is 352 g/mol. The largest absolute Gasteiger partial charge is 0.486 e. The molecule has 1 saturated heterocycles. The number of amides is 1. The maximum Gasteiger partial charge on any atom is 0.264 e. The molecule has 2 heterocycles. The lowest BCUT2D eigenvalue weighted by molar-refractivity contribution is -0.115. The second-order valence-electron chi connectivity index (χ2n) is 5.67. The summed E-state index contributed by atoms with van der Waals surface area (Å²) < 4.78 is 11.1. The summed E-state index contributed by atoms with van der Waals surface area (Å²) in [5.41, 5.74) is 2.80. The van der Waals surface area contributed by atoms with Gasteiger partial charge < -0.3 is 14.8 Å². The van der Waals surface area contributed by atoms with Crippen LogP contribution in [0.3, 0.4) is 0 Å². The quantitative estimate of drug-likeness (QED) is 0.838. The smallest absolute Gasteiger partial charge is 0.264 e. The first kappa shape index (κ1) is 15.8. The van der Waals surface area contributed by atoms with Crippen LogP contribution in [-0.2, 0) is 4.79 Å². The minimum absolute atomic E-state index is 0.146. The van der Waals surface area contributed by atoms with Gasteiger partial charge in [0.05, 0.1) is 10.6 Å². The zero-order valence-electron chi connectivity index (χ0n) is 13.6. The molecule has 0 radical (unpaired) electrons. The van der Waals surface area contributed by atoms with Crippen LogP contribution in [0.4, 0.5) is 5.69 Å². The molecule has 5 nitrogen and oxygen atoms in total. The number of carbonyl (C=O) groups excluding carboxylic acids is 1. The molecular weight excluding hydrogens is 336 g/mol. The highest BCUT2D eigenvalue weighted by molar-refractivity contribution is 8.18. The summed E-state index contributed by atoms with van der Waals surface area (Å²) >= 11 is 1.33. The van der Waals surface area contributed by atoms with E-state index in [1.807, 2.05) is 55.5 Å². The molecule has 0 bridgehead atoms. The Bertz CT molecular complexity index is 905. The molecule has 4 rings (SSSR count). The van der Waals surface area contributed by atoms with Gasteiger partial charge in [-0.05, 0) is 54.1 Å². The predicted octanol–water partition coefficient (Wildman–Crippen LogP) is 3.66. The Morgan fingerprint density at radius 1 is 1.12 bits per heavy atom. The van der Waals surface area contributed by atoms with Gasteiger partial charge in [-0.1, -0.05) is 24.3 Å². The van der Waals surface area contributed by atoms with E-state index in [1.165, 1.54) is 11.8 Å². The van der Waals surface area contributed by atoms with E-state index >= 15 is 0 Å². The summed E-state index contributed by atoms with van der Waals surface area (Å²) in [6, 6.07) is 13.5. The molecule has 0 saturated carbocycles. The summed E-state index contributed by atoms with van der Waals surface area (Å²) in [7, 11) is 0. The van der Waals surface area contributed by atoms with Crippen LogP contribution in [0.15, 0.2) is 52.4 Å². The van der Waals surface area contributed by atoms with Gasteiger partial charge in [-0.15, -0.1) is 0 Å². The summed E-state index contributed by atoms with van der Waals surface area (Å²) in [6.07, 6.45) is 1.83. The number of thioether (sulfide) groups is 1. The molecule has 2 aliphatic heterocycles. The number of hydrogen-bond acceptors (Lipinski definition) is 5. The number of nitrogens with zero attached hydrogens (tertiary/aromatic N) is 1. The van der Waals surface area contributed by atoms with Crippen molar-refractivity contribution in [3.63, 3.8) is 0 Å². The van der Waals surface area contributed by atoms with Crippen LogP contribution in [0, 0.1) is 6.92 Å². The van der Waals surface area contributed by atoms with Crippen molar-refractivity contribution in [3.8, 4) is 11.5 Å². The van der Waals surface area contributed by atoms with Gasteiger partial charge in [0.15, 0.2) is 16.7 Å². The third-order valence-electron chi connectivity index (χ3n) is 3.85. The number of hydrogen-bond donors (Lipinski definition) is 1. The van der Waals surface area contributed by atoms with Crippen molar-refractivity contribution in [1.82, 2.24) is 5.32 Å². The molecule has 126 valence electrons. The van der Waals surface area contributed by atoms with Gasteiger partial charge >= 0.3 is 0 Å². The molecule has 1 N–H and O–H groups in total. The van der Waals surface area contributed by atoms with Crippen molar-refractivity contribution in [3.05, 3.63) is 58.5 Å². The molecule has 2 aromatic rings. The molecule has 0 unspecified atom stereocenters. The van der Waals surface area contributed by atoms with E-state index in [0.717, 1.165) is 22.6 Å². The Labute approximate surface area is 149 Å². The standard InChI is InChI=1S/C19H16N2O3S/c1-12-4-2-3-5-14(12)20-19-21-18(22)17(25-19)11-13-6-7-15-16(10-13)24-9-8-23-15/h2-7,10-11H,8-9H2,1H3,(H,20,21,22). The first-order valence-electron chi connectivity index (χ1n) is 7.94. The number of fused-ring (bicyclic) bond motifs is 1. The number of nitrogens with one attached hydrogen (secondary N) is 1. The third kappa shape index (κ3) is 3.39. The van der Waals surface area contributed by atoms with E-state index in [0.29, 0.717) is 29.0 Å². The monoisotopic (exact) mass is 352 g/mol. The van der Waals surface area contributed by atoms with Crippen molar-refractivity contribution in [1.29, 1.82) is 0 Å². The van der Waals surface area contributed by atoms with Gasteiger partial charge in [-0.25, -0.2) is 4.99 Å². The maximum atomic E-state index is 12.2. The van der Waals surface area contributed by atoms with Crippen molar-refractivity contribution < 1.29 is 14.3 Å². The Morgan fingerprint density at radius 3 is 2.76 bits per heavy atom. The fourth-order valence-electron chi connectivity index (χ4n) is 2.58. The molecule has 1 amide bonds. The summed E-state index contributed by atoms with van der Waals surface area (Å²) in [5.74, 6) is 1.30. The second kappa shape index (κ2) is 6.64. The van der Waals surface area contributed by atoms with E-state index in [4.69, 9.17) is 9.47 Å². The van der Waals surface area contributed by atoms with Gasteiger partial charge in [0.25, 0.3) is 5.91 Å². The summed E-state index contributed by atoms with van der Waals surface area (Å²) in [6.45, 7) is 3.09. The van der Waals surface area contributed by atoms with Crippen molar-refractivity contribution in [2.75, 3.05) is 13.2 Å². The Hall–Kier alpha value is -2.73. The van der Waals surface area contributed by atoms with Crippen LogP contribution in [-0.4, -0.2) is 24.3 Å². The number of aliphatic imine (C=N–C) groups is 1. The van der Waals surface area contributed by atoms with Gasteiger partial charge in [-0.2, -0.15) is 0 Å². The lowest BCUT2D eigenvalue weighted by atomic mass is 10.2. The van der Waals surface area contributed by atoms with E-state index in [1.54, 1.807) is 0 Å². The van der Waals surface area contributed by atoms with Crippen molar-refractivity contribution >= 4 is 34.6 Å². The lowest BCUT2D eigenvalue weighted by Crippen LogP contribution is -2.19. The number of aryl methyl sites for hydroxylation is 1.